The molecule has 0 aliphatic rings. The van der Waals surface area contributed by atoms with Crippen LogP contribution in [0.1, 0.15) is 71.6 Å². The molecule has 0 aliphatic carbocycles. The molecule has 0 fully saturated rings. The molecule has 0 heterocycles. The summed E-state index contributed by atoms with van der Waals surface area (Å²) in [7, 11) is 5.25. The lowest BCUT2D eigenvalue weighted by atomic mass is 10.0. The molecule has 82 valence electrons. The molecule has 0 aromatic rings. The van der Waals surface area contributed by atoms with Crippen molar-refractivity contribution in [1.82, 2.24) is 0 Å². The van der Waals surface area contributed by atoms with Gasteiger partial charge in [0.2, 0.25) is 0 Å². The maximum absolute atomic E-state index is 5.25. The number of rotatable bonds is 10. The minimum absolute atomic E-state index is 0.302. The Morgan fingerprint density at radius 2 is 1.43 bits per heavy atom. The van der Waals surface area contributed by atoms with Crippen molar-refractivity contribution in [3.05, 3.63) is 0 Å². The highest BCUT2D eigenvalue weighted by atomic mass is 16.4. The van der Waals surface area contributed by atoms with Gasteiger partial charge in [0.1, 0.15) is 0 Å². The monoisotopic (exact) mass is 196 g/mol. The molecule has 0 spiro atoms. The van der Waals surface area contributed by atoms with E-state index >= 15 is 0 Å². The molecule has 0 aromatic carbocycles. The summed E-state index contributed by atoms with van der Waals surface area (Å²) in [5.41, 5.74) is 0. The maximum Gasteiger partial charge on any atom is 0.283 e. The molecule has 14 heavy (non-hydrogen) atoms. The van der Waals surface area contributed by atoms with Gasteiger partial charge in [-0.3, -0.25) is 0 Å². The van der Waals surface area contributed by atoms with Gasteiger partial charge in [0.05, 0.1) is 0 Å². The van der Waals surface area contributed by atoms with E-state index in [9.17, 15) is 0 Å². The lowest BCUT2D eigenvalue weighted by molar-refractivity contribution is 0.190. The Kier molecular flexibility index (Phi) is 11.1. The molecule has 0 N–H and O–H groups in total. The molecule has 0 amide bonds. The van der Waals surface area contributed by atoms with Crippen molar-refractivity contribution in [2.45, 2.75) is 77.7 Å². The Balaban J connectivity index is 3.24. The third kappa shape index (κ3) is 8.62. The molecular weight excluding hydrogens is 171 g/mol. The van der Waals surface area contributed by atoms with Crippen LogP contribution >= 0.6 is 0 Å². The fourth-order valence-corrected chi connectivity index (χ4v) is 1.69. The average Bonchev–Trinajstić information content (AvgIpc) is 2.22. The van der Waals surface area contributed by atoms with Crippen LogP contribution in [-0.2, 0) is 4.65 Å². The summed E-state index contributed by atoms with van der Waals surface area (Å²) in [6.45, 7) is 4.45. The van der Waals surface area contributed by atoms with Gasteiger partial charge in [0.25, 0.3) is 8.05 Å². The van der Waals surface area contributed by atoms with Crippen molar-refractivity contribution in [2.75, 3.05) is 0 Å². The van der Waals surface area contributed by atoms with Crippen molar-refractivity contribution in [3.8, 4) is 0 Å². The molecule has 1 nitrogen and oxygen atoms in total. The molecule has 0 rings (SSSR count). The lowest BCUT2D eigenvalue weighted by Gasteiger charge is -2.15. The van der Waals surface area contributed by atoms with E-state index in [0.717, 1.165) is 12.8 Å². The third-order valence-electron chi connectivity index (χ3n) is 2.70. The van der Waals surface area contributed by atoms with E-state index in [4.69, 9.17) is 12.7 Å². The molecule has 2 heteroatoms. The summed E-state index contributed by atoms with van der Waals surface area (Å²) in [6, 6.07) is 0. The van der Waals surface area contributed by atoms with Crippen molar-refractivity contribution in [2.24, 2.45) is 0 Å². The van der Waals surface area contributed by atoms with E-state index in [-0.39, 0.29) is 0 Å². The molecule has 0 saturated carbocycles. The van der Waals surface area contributed by atoms with E-state index in [1.807, 2.05) is 0 Å². The first-order chi connectivity index (χ1) is 6.85. The van der Waals surface area contributed by atoms with E-state index in [1.165, 1.54) is 44.9 Å². The van der Waals surface area contributed by atoms with E-state index < -0.39 is 0 Å². The highest BCUT2D eigenvalue weighted by Crippen LogP contribution is 2.13. The molecule has 0 aromatic heterocycles. The fraction of sp³-hybridized carbons (Fsp3) is 1.00. The zero-order chi connectivity index (χ0) is 10.6. The predicted octanol–water partition coefficient (Wildman–Crippen LogP) is 4.01. The van der Waals surface area contributed by atoms with Gasteiger partial charge >= 0.3 is 0 Å². The van der Waals surface area contributed by atoms with Crippen molar-refractivity contribution in [3.63, 3.8) is 0 Å². The number of hydrogen-bond donors (Lipinski definition) is 0. The highest BCUT2D eigenvalue weighted by molar-refractivity contribution is 5.98. The van der Waals surface area contributed by atoms with Crippen LogP contribution in [0.15, 0.2) is 0 Å². The van der Waals surface area contributed by atoms with Crippen molar-refractivity contribution < 1.29 is 4.65 Å². The minimum Gasteiger partial charge on any atom is -0.445 e. The first kappa shape index (κ1) is 14.0. The summed E-state index contributed by atoms with van der Waals surface area (Å²) >= 11 is 0. The van der Waals surface area contributed by atoms with Gasteiger partial charge < -0.3 is 4.65 Å². The lowest BCUT2D eigenvalue weighted by Crippen LogP contribution is -2.10. The second-order valence-corrected chi connectivity index (χ2v) is 4.10. The van der Waals surface area contributed by atoms with Gasteiger partial charge in [0.15, 0.2) is 0 Å². The standard InChI is InChI=1S/C12H25BO/c1-3-5-7-8-9-11-12(14-13)10-6-4-2/h12H,3-11H2,1-2H3. The summed E-state index contributed by atoms with van der Waals surface area (Å²) in [5.74, 6) is 0. The van der Waals surface area contributed by atoms with Gasteiger partial charge in [-0.25, -0.2) is 0 Å². The first-order valence-corrected chi connectivity index (χ1v) is 6.20. The smallest absolute Gasteiger partial charge is 0.283 e. The van der Waals surface area contributed by atoms with Crippen LogP contribution in [0.4, 0.5) is 0 Å². The van der Waals surface area contributed by atoms with Crippen LogP contribution in [0.3, 0.4) is 0 Å². The zero-order valence-electron chi connectivity index (χ0n) is 9.93. The molecule has 1 unspecified atom stereocenters. The van der Waals surface area contributed by atoms with Crippen LogP contribution < -0.4 is 0 Å². The number of hydrogen-bond acceptors (Lipinski definition) is 1. The molecule has 2 radical (unpaired) electrons. The molecule has 0 bridgehead atoms. The highest BCUT2D eigenvalue weighted by Gasteiger charge is 2.04. The van der Waals surface area contributed by atoms with Crippen LogP contribution in [0.2, 0.25) is 0 Å². The maximum atomic E-state index is 5.25. The largest absolute Gasteiger partial charge is 0.445 e. The molecule has 1 atom stereocenters. The third-order valence-corrected chi connectivity index (χ3v) is 2.70. The van der Waals surface area contributed by atoms with E-state index in [2.05, 4.69) is 13.8 Å². The van der Waals surface area contributed by atoms with Gasteiger partial charge in [-0.1, -0.05) is 58.8 Å². The van der Waals surface area contributed by atoms with Crippen LogP contribution in [0.25, 0.3) is 0 Å². The van der Waals surface area contributed by atoms with E-state index in [1.54, 1.807) is 0 Å². The minimum atomic E-state index is 0.302. The Morgan fingerprint density at radius 1 is 0.857 bits per heavy atom. The molecule has 0 aliphatic heterocycles. The Labute approximate surface area is 91.1 Å². The van der Waals surface area contributed by atoms with Crippen LogP contribution in [-0.4, -0.2) is 14.2 Å². The van der Waals surface area contributed by atoms with Crippen LogP contribution in [0.5, 0.6) is 0 Å². The number of unbranched alkanes of at least 4 members (excludes halogenated alkanes) is 5. The van der Waals surface area contributed by atoms with Gasteiger partial charge in [-0.2, -0.15) is 0 Å². The fourth-order valence-electron chi connectivity index (χ4n) is 1.69. The van der Waals surface area contributed by atoms with Crippen molar-refractivity contribution in [1.29, 1.82) is 0 Å². The second kappa shape index (κ2) is 11.1. The van der Waals surface area contributed by atoms with Gasteiger partial charge in [-0.15, -0.1) is 0 Å². The summed E-state index contributed by atoms with van der Waals surface area (Å²) in [6.07, 6.45) is 11.7. The molecule has 0 saturated heterocycles. The average molecular weight is 196 g/mol. The Morgan fingerprint density at radius 3 is 2.00 bits per heavy atom. The van der Waals surface area contributed by atoms with Gasteiger partial charge in [0, 0.05) is 6.10 Å². The summed E-state index contributed by atoms with van der Waals surface area (Å²) in [4.78, 5) is 0. The SMILES string of the molecule is [B]OC(CCCC)CCCCCCC. The van der Waals surface area contributed by atoms with Gasteiger partial charge in [-0.05, 0) is 12.8 Å². The van der Waals surface area contributed by atoms with Crippen molar-refractivity contribution >= 4 is 8.05 Å². The normalized spacial score (nSPS) is 13.0. The topological polar surface area (TPSA) is 9.23 Å². The second-order valence-electron chi connectivity index (χ2n) is 4.10. The Bertz CT molecular complexity index is 106. The first-order valence-electron chi connectivity index (χ1n) is 6.20. The molecular formula is C12H25BO. The summed E-state index contributed by atoms with van der Waals surface area (Å²) < 4.78 is 4.96. The Hall–Kier alpha value is 0.0249. The van der Waals surface area contributed by atoms with E-state index in [0.29, 0.717) is 6.10 Å². The quantitative estimate of drug-likeness (QED) is 0.379. The zero-order valence-corrected chi connectivity index (χ0v) is 9.93. The summed E-state index contributed by atoms with van der Waals surface area (Å²) in [5, 5.41) is 0. The van der Waals surface area contributed by atoms with Crippen LogP contribution in [0, 0.1) is 0 Å². The predicted molar refractivity (Wildman–Crippen MR) is 63.5 cm³/mol.